The van der Waals surface area contributed by atoms with Crippen LogP contribution in [0.4, 0.5) is 0 Å². The summed E-state index contributed by atoms with van der Waals surface area (Å²) < 4.78 is 14.0. The first-order chi connectivity index (χ1) is 12.8. The van der Waals surface area contributed by atoms with E-state index in [1.807, 2.05) is 16.8 Å². The van der Waals surface area contributed by atoms with Gasteiger partial charge in [0.25, 0.3) is 0 Å². The first kappa shape index (κ1) is 18.1. The van der Waals surface area contributed by atoms with Crippen LogP contribution in [0.15, 0.2) is 31.1 Å². The van der Waals surface area contributed by atoms with E-state index in [4.69, 9.17) is 9.47 Å². The van der Waals surface area contributed by atoms with Gasteiger partial charge in [0, 0.05) is 18.9 Å². The molecule has 10 nitrogen and oxygen atoms in total. The van der Waals surface area contributed by atoms with Gasteiger partial charge in [0.1, 0.15) is 18.7 Å². The summed E-state index contributed by atoms with van der Waals surface area (Å²) in [4.78, 5) is 15.7. The van der Waals surface area contributed by atoms with Crippen molar-refractivity contribution in [1.82, 2.24) is 35.1 Å². The molecule has 0 bridgehead atoms. The number of tetrazole rings is 1. The van der Waals surface area contributed by atoms with Crippen LogP contribution in [-0.2, 0) is 27.4 Å². The number of hydrogen-bond donors (Lipinski definition) is 1. The molecule has 0 radical (unpaired) electrons. The number of methoxy groups -OCH3 is 1. The third kappa shape index (κ3) is 4.66. The fourth-order valence-electron chi connectivity index (χ4n) is 2.86. The van der Waals surface area contributed by atoms with Crippen LogP contribution in [0.1, 0.15) is 31.1 Å². The Bertz CT molecular complexity index is 713. The van der Waals surface area contributed by atoms with E-state index in [1.165, 1.54) is 11.8 Å². The Morgan fingerprint density at radius 3 is 3.19 bits per heavy atom. The van der Waals surface area contributed by atoms with Crippen molar-refractivity contribution in [3.05, 3.63) is 36.9 Å². The lowest BCUT2D eigenvalue weighted by molar-refractivity contribution is -0.141. The van der Waals surface area contributed by atoms with Gasteiger partial charge >= 0.3 is 5.97 Å². The molecule has 0 saturated heterocycles. The van der Waals surface area contributed by atoms with Crippen LogP contribution in [0.3, 0.4) is 0 Å². The number of rotatable bonds is 9. The number of imidazole rings is 1. The minimum absolute atomic E-state index is 0.0331. The second-order valence-electron chi connectivity index (χ2n) is 5.98. The Morgan fingerprint density at radius 1 is 1.54 bits per heavy atom. The predicted molar refractivity (Wildman–Crippen MR) is 90.7 cm³/mol. The van der Waals surface area contributed by atoms with E-state index in [0.717, 1.165) is 32.4 Å². The third-order valence-corrected chi connectivity index (χ3v) is 4.20. The lowest BCUT2D eigenvalue weighted by atomic mass is 10.0. The van der Waals surface area contributed by atoms with Crippen molar-refractivity contribution in [1.29, 1.82) is 0 Å². The molecule has 1 unspecified atom stereocenters. The number of allylic oxidation sites excluding steroid dienone is 1. The maximum atomic E-state index is 11.6. The number of esters is 1. The fourth-order valence-corrected chi connectivity index (χ4v) is 2.86. The van der Waals surface area contributed by atoms with Gasteiger partial charge in [0.15, 0.2) is 5.82 Å². The van der Waals surface area contributed by atoms with Gasteiger partial charge in [-0.3, -0.25) is 4.79 Å². The van der Waals surface area contributed by atoms with Gasteiger partial charge in [0.05, 0.1) is 19.7 Å². The van der Waals surface area contributed by atoms with Gasteiger partial charge in [-0.1, -0.05) is 0 Å². The summed E-state index contributed by atoms with van der Waals surface area (Å²) in [5.41, 5.74) is 0. The molecule has 26 heavy (non-hydrogen) atoms. The zero-order valence-electron chi connectivity index (χ0n) is 14.7. The SMILES string of the molecule is COC(=O)Cn1nnnc1[C@H](NCCCn1ccnc1)C1CCC=CO1. The number of hydrogen-bond acceptors (Lipinski definition) is 8. The molecule has 1 aliphatic rings. The summed E-state index contributed by atoms with van der Waals surface area (Å²) in [6.45, 7) is 1.57. The minimum atomic E-state index is -0.401. The van der Waals surface area contributed by atoms with Gasteiger partial charge in [-0.15, -0.1) is 5.10 Å². The Labute approximate surface area is 151 Å². The van der Waals surface area contributed by atoms with E-state index in [2.05, 4.69) is 25.8 Å². The van der Waals surface area contributed by atoms with Crippen LogP contribution in [0.5, 0.6) is 0 Å². The number of aromatic nitrogens is 6. The van der Waals surface area contributed by atoms with E-state index in [1.54, 1.807) is 18.8 Å². The Balaban J connectivity index is 1.66. The molecule has 3 rings (SSSR count). The summed E-state index contributed by atoms with van der Waals surface area (Å²) in [6, 6.07) is -0.220. The van der Waals surface area contributed by atoms with E-state index < -0.39 is 5.97 Å². The van der Waals surface area contributed by atoms with Crippen LogP contribution < -0.4 is 5.32 Å². The van der Waals surface area contributed by atoms with E-state index >= 15 is 0 Å². The predicted octanol–water partition coefficient (Wildman–Crippen LogP) is 0.456. The lowest BCUT2D eigenvalue weighted by Gasteiger charge is -2.28. The third-order valence-electron chi connectivity index (χ3n) is 4.20. The van der Waals surface area contributed by atoms with Crippen molar-refractivity contribution in [2.45, 2.75) is 44.5 Å². The summed E-state index contributed by atoms with van der Waals surface area (Å²) >= 11 is 0. The quantitative estimate of drug-likeness (QED) is 0.507. The molecule has 0 spiro atoms. The molecule has 10 heteroatoms. The van der Waals surface area contributed by atoms with Gasteiger partial charge in [-0.2, -0.15) is 0 Å². The monoisotopic (exact) mass is 361 g/mol. The number of carbonyl (C=O) groups excluding carboxylic acids is 1. The van der Waals surface area contributed by atoms with Gasteiger partial charge in [0.2, 0.25) is 0 Å². The molecular formula is C16H23N7O3. The average molecular weight is 361 g/mol. The standard InChI is InChI=1S/C16H23N7O3/c1-25-14(24)11-23-16(19-20-21-23)15(13-5-2-3-10-26-13)18-6-4-8-22-9-7-17-12-22/h3,7,9-10,12-13,15,18H,2,4-6,8,11H2,1H3/t13?,15-/m1/s1. The lowest BCUT2D eigenvalue weighted by Crippen LogP contribution is -2.37. The molecule has 2 aromatic heterocycles. The number of ether oxygens (including phenoxy) is 2. The summed E-state index contributed by atoms with van der Waals surface area (Å²) in [5.74, 6) is 0.167. The zero-order chi connectivity index (χ0) is 18.2. The van der Waals surface area contributed by atoms with Crippen molar-refractivity contribution < 1.29 is 14.3 Å². The minimum Gasteiger partial charge on any atom is -0.496 e. The van der Waals surface area contributed by atoms with Gasteiger partial charge < -0.3 is 19.4 Å². The number of aryl methyl sites for hydroxylation is 1. The van der Waals surface area contributed by atoms with E-state index in [0.29, 0.717) is 5.82 Å². The molecule has 0 saturated carbocycles. The Morgan fingerprint density at radius 2 is 2.46 bits per heavy atom. The Kier molecular flexibility index (Phi) is 6.31. The highest BCUT2D eigenvalue weighted by atomic mass is 16.5. The van der Waals surface area contributed by atoms with Crippen molar-refractivity contribution in [3.8, 4) is 0 Å². The molecule has 140 valence electrons. The second-order valence-corrected chi connectivity index (χ2v) is 5.98. The van der Waals surface area contributed by atoms with Crippen LogP contribution in [0.25, 0.3) is 0 Å². The molecule has 1 aliphatic heterocycles. The highest BCUT2D eigenvalue weighted by molar-refractivity contribution is 5.68. The van der Waals surface area contributed by atoms with Gasteiger partial charge in [-0.25, -0.2) is 9.67 Å². The van der Waals surface area contributed by atoms with Gasteiger partial charge in [-0.05, 0) is 42.3 Å². The molecule has 0 amide bonds. The maximum absolute atomic E-state index is 11.6. The highest BCUT2D eigenvalue weighted by Crippen LogP contribution is 2.24. The van der Waals surface area contributed by atoms with Crippen molar-refractivity contribution in [2.24, 2.45) is 0 Å². The molecule has 0 aliphatic carbocycles. The molecule has 2 atom stereocenters. The van der Waals surface area contributed by atoms with E-state index in [9.17, 15) is 4.79 Å². The molecule has 0 fully saturated rings. The number of nitrogens with zero attached hydrogens (tertiary/aromatic N) is 6. The molecule has 0 aromatic carbocycles. The Hall–Kier alpha value is -2.75. The van der Waals surface area contributed by atoms with Crippen LogP contribution in [0.2, 0.25) is 0 Å². The van der Waals surface area contributed by atoms with Crippen molar-refractivity contribution in [3.63, 3.8) is 0 Å². The van der Waals surface area contributed by atoms with Crippen LogP contribution in [0, 0.1) is 0 Å². The normalized spacial score (nSPS) is 17.7. The second kappa shape index (κ2) is 9.09. The molecule has 2 aromatic rings. The van der Waals surface area contributed by atoms with E-state index in [-0.39, 0.29) is 18.7 Å². The summed E-state index contributed by atoms with van der Waals surface area (Å²) in [6.07, 6.45) is 11.8. The van der Waals surface area contributed by atoms with Crippen LogP contribution in [-0.4, -0.2) is 55.5 Å². The first-order valence-electron chi connectivity index (χ1n) is 8.60. The number of carbonyl (C=O) groups is 1. The first-order valence-corrected chi connectivity index (χ1v) is 8.60. The topological polar surface area (TPSA) is 109 Å². The fraction of sp³-hybridized carbons (Fsp3) is 0.562. The van der Waals surface area contributed by atoms with Crippen molar-refractivity contribution >= 4 is 5.97 Å². The number of nitrogens with one attached hydrogen (secondary N) is 1. The van der Waals surface area contributed by atoms with Crippen LogP contribution >= 0.6 is 0 Å². The van der Waals surface area contributed by atoms with Crippen molar-refractivity contribution in [2.75, 3.05) is 13.7 Å². The highest BCUT2D eigenvalue weighted by Gasteiger charge is 2.30. The zero-order valence-corrected chi connectivity index (χ0v) is 14.7. The molecule has 3 heterocycles. The average Bonchev–Trinajstić information content (AvgIpc) is 3.34. The molecular weight excluding hydrogens is 338 g/mol. The summed E-state index contributed by atoms with van der Waals surface area (Å²) in [7, 11) is 1.34. The largest absolute Gasteiger partial charge is 0.496 e. The summed E-state index contributed by atoms with van der Waals surface area (Å²) in [5, 5.41) is 15.2. The smallest absolute Gasteiger partial charge is 0.327 e. The molecule has 1 N–H and O–H groups in total. The maximum Gasteiger partial charge on any atom is 0.327 e.